The van der Waals surface area contributed by atoms with Crippen molar-refractivity contribution in [2.45, 2.75) is 81.6 Å². The molecule has 6 aromatic rings. The van der Waals surface area contributed by atoms with Gasteiger partial charge in [0.05, 0.1) is 42.9 Å². The Morgan fingerprint density at radius 3 is 2.06 bits per heavy atom. The first-order chi connectivity index (χ1) is 32.9. The van der Waals surface area contributed by atoms with Gasteiger partial charge < -0.3 is 44.6 Å². The van der Waals surface area contributed by atoms with Crippen LogP contribution in [0.1, 0.15) is 86.7 Å². The van der Waals surface area contributed by atoms with E-state index in [2.05, 4.69) is 81.3 Å². The summed E-state index contributed by atoms with van der Waals surface area (Å²) in [6.07, 6.45) is 9.51. The number of fused-ring (bicyclic) bond motifs is 1. The SMILES string of the molecule is O=CN[C@H](C(=O)N1CCC[C@H]1c1nc(-c2ccc3cc(-c4ccc(-c5cnc([C@@H]6CCCN6C(=O)[C@@H](NC(=O)OC6CCOCC6)c6ccccc6)[nH]5)cc4)ccc3c2)c[nH]1)C1CCOCC1. The molecule has 6 heterocycles. The lowest BCUT2D eigenvalue weighted by molar-refractivity contribution is -0.138. The molecule has 4 atom stereocenters. The molecule has 0 radical (unpaired) electrons. The number of ether oxygens (including phenoxy) is 3. The smallest absolute Gasteiger partial charge is 0.408 e. The number of hydrogen-bond acceptors (Lipinski definition) is 9. The highest BCUT2D eigenvalue weighted by Crippen LogP contribution is 2.37. The Bertz CT molecular complexity index is 2690. The Labute approximate surface area is 389 Å². The average Bonchev–Trinajstić information content (AvgIpc) is 4.23. The van der Waals surface area contributed by atoms with E-state index in [0.717, 1.165) is 88.8 Å². The van der Waals surface area contributed by atoms with Gasteiger partial charge in [-0.25, -0.2) is 14.8 Å². The van der Waals surface area contributed by atoms with Crippen molar-refractivity contribution >= 4 is 35.1 Å². The summed E-state index contributed by atoms with van der Waals surface area (Å²) in [7, 11) is 0. The van der Waals surface area contributed by atoms with Crippen LogP contribution < -0.4 is 10.6 Å². The van der Waals surface area contributed by atoms with E-state index in [9.17, 15) is 19.2 Å². The highest BCUT2D eigenvalue weighted by atomic mass is 16.6. The van der Waals surface area contributed by atoms with E-state index in [1.165, 1.54) is 0 Å². The predicted octanol–water partition coefficient (Wildman–Crippen LogP) is 7.80. The molecule has 4 saturated heterocycles. The largest absolute Gasteiger partial charge is 0.446 e. The Morgan fingerprint density at radius 1 is 0.716 bits per heavy atom. The summed E-state index contributed by atoms with van der Waals surface area (Å²) < 4.78 is 16.6. The molecule has 4 aliphatic heterocycles. The number of H-pyrrole nitrogens is 2. The van der Waals surface area contributed by atoms with Crippen LogP contribution in [0.3, 0.4) is 0 Å². The van der Waals surface area contributed by atoms with Crippen LogP contribution in [0.25, 0.3) is 44.4 Å². The fourth-order valence-electron chi connectivity index (χ4n) is 10.3. The maximum atomic E-state index is 14.3. The molecular weight excluding hydrogens is 849 g/mol. The molecule has 346 valence electrons. The molecular formula is C52H56N8O7. The van der Waals surface area contributed by atoms with E-state index in [1.54, 1.807) is 0 Å². The van der Waals surface area contributed by atoms with Gasteiger partial charge in [0, 0.05) is 50.9 Å². The van der Waals surface area contributed by atoms with Crippen LogP contribution in [0.2, 0.25) is 0 Å². The molecule has 67 heavy (non-hydrogen) atoms. The zero-order valence-corrected chi connectivity index (χ0v) is 37.4. The van der Waals surface area contributed by atoms with Crippen LogP contribution in [-0.4, -0.2) is 106 Å². The highest BCUT2D eigenvalue weighted by molar-refractivity contribution is 5.91. The number of carbonyl (C=O) groups excluding carboxylic acids is 4. The third-order valence-electron chi connectivity index (χ3n) is 13.9. The maximum Gasteiger partial charge on any atom is 0.408 e. The molecule has 4 amide bonds. The standard InChI is InChI=1S/C52H56N8O7/c61-32-55-46(36-18-24-65-25-19-36)50(62)59-22-4-8-44(59)49-54-31-43(57-49)40-17-16-38-28-37(14-15-39(38)29-40)33-10-12-34(13-11-33)42-30-53-48(56-42)45-9-5-23-60(45)51(63)47(35-6-2-1-3-7-35)58-52(64)67-41-20-26-66-27-21-41/h1-3,6-7,10-17,28-32,36,41,44-47H,4-5,8-9,18-27H2,(H,53,56)(H,54,57)(H,55,61)(H,58,64)/t44-,45-,46-,47-/m0/s1. The molecule has 4 aromatic carbocycles. The Balaban J connectivity index is 0.797. The van der Waals surface area contributed by atoms with Crippen molar-refractivity contribution in [3.8, 4) is 33.6 Å². The Hall–Kier alpha value is -6.84. The highest BCUT2D eigenvalue weighted by Gasteiger charge is 2.40. The van der Waals surface area contributed by atoms with E-state index in [1.807, 2.05) is 52.5 Å². The van der Waals surface area contributed by atoms with Crippen LogP contribution in [0.15, 0.2) is 103 Å². The number of nitrogens with zero attached hydrogens (tertiary/aromatic N) is 4. The molecule has 0 unspecified atom stereocenters. The molecule has 10 rings (SSSR count). The van der Waals surface area contributed by atoms with Gasteiger partial charge in [0.1, 0.15) is 29.8 Å². The summed E-state index contributed by atoms with van der Waals surface area (Å²) in [5.41, 5.74) is 6.48. The van der Waals surface area contributed by atoms with Crippen LogP contribution >= 0.6 is 0 Å². The minimum Gasteiger partial charge on any atom is -0.446 e. The van der Waals surface area contributed by atoms with Crippen LogP contribution in [0.5, 0.6) is 0 Å². The van der Waals surface area contributed by atoms with Gasteiger partial charge in [0.15, 0.2) is 0 Å². The van der Waals surface area contributed by atoms with Gasteiger partial charge in [-0.1, -0.05) is 78.9 Å². The third-order valence-corrected chi connectivity index (χ3v) is 13.9. The van der Waals surface area contributed by atoms with Crippen molar-refractivity contribution in [3.63, 3.8) is 0 Å². The first-order valence-electron chi connectivity index (χ1n) is 23.6. The number of amides is 4. The van der Waals surface area contributed by atoms with Crippen molar-refractivity contribution < 1.29 is 33.4 Å². The molecule has 2 aromatic heterocycles. The first kappa shape index (κ1) is 44.0. The van der Waals surface area contributed by atoms with Crippen molar-refractivity contribution in [2.75, 3.05) is 39.5 Å². The van der Waals surface area contributed by atoms with Gasteiger partial charge in [0.25, 0.3) is 5.91 Å². The predicted molar refractivity (Wildman–Crippen MR) is 251 cm³/mol. The average molecular weight is 905 g/mol. The van der Waals surface area contributed by atoms with Crippen molar-refractivity contribution in [3.05, 3.63) is 121 Å². The number of nitrogens with one attached hydrogen (secondary N) is 4. The van der Waals surface area contributed by atoms with Crippen LogP contribution in [0, 0.1) is 5.92 Å². The number of rotatable bonds is 13. The van der Waals surface area contributed by atoms with Gasteiger partial charge in [0.2, 0.25) is 12.3 Å². The van der Waals surface area contributed by atoms with Gasteiger partial charge >= 0.3 is 6.09 Å². The molecule has 0 spiro atoms. The van der Waals surface area contributed by atoms with Gasteiger partial charge in [-0.05, 0) is 89.6 Å². The monoisotopic (exact) mass is 904 g/mol. The lowest BCUT2D eigenvalue weighted by Crippen LogP contribution is -2.51. The number of aromatic amines is 2. The summed E-state index contributed by atoms with van der Waals surface area (Å²) in [5, 5.41) is 7.88. The molecule has 4 fully saturated rings. The van der Waals surface area contributed by atoms with Crippen molar-refractivity contribution in [1.82, 2.24) is 40.4 Å². The van der Waals surface area contributed by atoms with E-state index in [0.29, 0.717) is 70.2 Å². The summed E-state index contributed by atoms with van der Waals surface area (Å²) >= 11 is 0. The fourth-order valence-corrected chi connectivity index (χ4v) is 10.3. The van der Waals surface area contributed by atoms with Gasteiger partial charge in [-0.15, -0.1) is 0 Å². The second kappa shape index (κ2) is 19.9. The number of imidazole rings is 2. The van der Waals surface area contributed by atoms with Gasteiger partial charge in [-0.3, -0.25) is 14.4 Å². The van der Waals surface area contributed by atoms with E-state index < -0.39 is 18.2 Å². The lowest BCUT2D eigenvalue weighted by atomic mass is 9.90. The Morgan fingerprint density at radius 2 is 1.34 bits per heavy atom. The number of benzene rings is 4. The topological polar surface area (TPSA) is 184 Å². The summed E-state index contributed by atoms with van der Waals surface area (Å²) in [4.78, 5) is 73.1. The fraction of sp³-hybridized carbons (Fsp3) is 0.385. The maximum absolute atomic E-state index is 14.3. The van der Waals surface area contributed by atoms with E-state index in [-0.39, 0.29) is 35.9 Å². The zero-order valence-electron chi connectivity index (χ0n) is 37.4. The summed E-state index contributed by atoms with van der Waals surface area (Å²) in [5.74, 6) is 1.26. The zero-order chi connectivity index (χ0) is 45.7. The summed E-state index contributed by atoms with van der Waals surface area (Å²) in [6, 6.07) is 28.5. The van der Waals surface area contributed by atoms with Crippen molar-refractivity contribution in [1.29, 1.82) is 0 Å². The van der Waals surface area contributed by atoms with Crippen LogP contribution in [-0.2, 0) is 28.6 Å². The van der Waals surface area contributed by atoms with E-state index >= 15 is 0 Å². The molecule has 0 aliphatic carbocycles. The third kappa shape index (κ3) is 9.56. The number of carbonyl (C=O) groups is 4. The molecule has 4 aliphatic rings. The molecule has 0 saturated carbocycles. The summed E-state index contributed by atoms with van der Waals surface area (Å²) in [6.45, 7) is 3.46. The normalized spacial score (nSPS) is 20.1. The molecule has 15 heteroatoms. The molecule has 0 bridgehead atoms. The minimum absolute atomic E-state index is 0.0518. The number of aromatic nitrogens is 4. The van der Waals surface area contributed by atoms with E-state index in [4.69, 9.17) is 24.2 Å². The number of hydrogen-bond donors (Lipinski definition) is 4. The minimum atomic E-state index is -0.902. The molecule has 4 N–H and O–H groups in total. The lowest BCUT2D eigenvalue weighted by Gasteiger charge is -2.33. The number of alkyl carbamates (subject to hydrolysis) is 1. The molecule has 15 nitrogen and oxygen atoms in total. The Kier molecular flexibility index (Phi) is 13.1. The van der Waals surface area contributed by atoms with Crippen LogP contribution in [0.4, 0.5) is 4.79 Å². The number of likely N-dealkylation sites (tertiary alicyclic amines) is 2. The quantitative estimate of drug-likeness (QED) is 0.0841. The van der Waals surface area contributed by atoms with Gasteiger partial charge in [-0.2, -0.15) is 0 Å². The second-order valence-corrected chi connectivity index (χ2v) is 18.0. The second-order valence-electron chi connectivity index (χ2n) is 18.0. The first-order valence-corrected chi connectivity index (χ1v) is 23.6. The van der Waals surface area contributed by atoms with Crippen molar-refractivity contribution in [2.24, 2.45) is 5.92 Å².